The van der Waals surface area contributed by atoms with Crippen molar-refractivity contribution in [1.29, 1.82) is 0 Å². The molecular formula is C31H43F3O8. The minimum absolute atomic E-state index is 0.142. The van der Waals surface area contributed by atoms with Crippen LogP contribution in [0.15, 0.2) is 60.7 Å². The van der Waals surface area contributed by atoms with Gasteiger partial charge in [-0.1, -0.05) is 45.1 Å². The summed E-state index contributed by atoms with van der Waals surface area (Å²) in [5.74, 6) is 0.870. The number of unbranched alkanes of at least 4 members (excludes halogenated alkanes) is 2. The van der Waals surface area contributed by atoms with E-state index in [1.807, 2.05) is 13.7 Å². The fourth-order valence-electron chi connectivity index (χ4n) is 3.49. The molecule has 4 N–H and O–H groups in total. The molecule has 2 aromatic carbocycles. The summed E-state index contributed by atoms with van der Waals surface area (Å²) in [7, 11) is 1.00. The average molecular weight is 601 g/mol. The van der Waals surface area contributed by atoms with Gasteiger partial charge in [-0.3, -0.25) is 4.79 Å². The van der Waals surface area contributed by atoms with E-state index in [1.165, 1.54) is 6.07 Å². The van der Waals surface area contributed by atoms with Crippen LogP contribution >= 0.6 is 0 Å². The molecule has 0 radical (unpaired) electrons. The van der Waals surface area contributed by atoms with E-state index in [0.717, 1.165) is 20.0 Å². The van der Waals surface area contributed by atoms with E-state index in [9.17, 15) is 13.2 Å². The molecule has 2 aromatic rings. The number of carbonyl (C=O) groups excluding carboxylic acids is 1. The van der Waals surface area contributed by atoms with Crippen LogP contribution < -0.4 is 9.47 Å². The fourth-order valence-corrected chi connectivity index (χ4v) is 3.49. The molecule has 0 aliphatic carbocycles. The quantitative estimate of drug-likeness (QED) is 0.113. The predicted octanol–water partition coefficient (Wildman–Crippen LogP) is 5.86. The average Bonchev–Trinajstić information content (AvgIpc) is 2.99. The number of ether oxygens (including phenoxy) is 2. The minimum Gasteiger partial charge on any atom is -0.493 e. The van der Waals surface area contributed by atoms with Gasteiger partial charge in [0.1, 0.15) is 18.3 Å². The number of hydrogen-bond acceptors (Lipinski definition) is 7. The summed E-state index contributed by atoms with van der Waals surface area (Å²) in [6.07, 6.45) is -0.671. The molecule has 11 heteroatoms. The summed E-state index contributed by atoms with van der Waals surface area (Å²) < 4.78 is 53.1. The molecule has 0 saturated heterocycles. The monoisotopic (exact) mass is 600 g/mol. The number of rotatable bonds is 15. The third-order valence-corrected chi connectivity index (χ3v) is 5.57. The van der Waals surface area contributed by atoms with Crippen LogP contribution in [0.25, 0.3) is 11.1 Å². The second-order valence-electron chi connectivity index (χ2n) is 8.64. The van der Waals surface area contributed by atoms with Gasteiger partial charge in [-0.15, -0.1) is 0 Å². The lowest BCUT2D eigenvalue weighted by atomic mass is 9.95. The van der Waals surface area contributed by atoms with Crippen LogP contribution in [0.1, 0.15) is 50.2 Å². The molecule has 2 rings (SSSR count). The zero-order chi connectivity index (χ0) is 32.6. The normalized spacial score (nSPS) is 10.0. The van der Waals surface area contributed by atoms with Gasteiger partial charge in [0, 0.05) is 26.0 Å². The van der Waals surface area contributed by atoms with Gasteiger partial charge in [-0.2, -0.15) is 13.2 Å². The van der Waals surface area contributed by atoms with E-state index in [4.69, 9.17) is 39.5 Å². The maximum absolute atomic E-state index is 13.9. The van der Waals surface area contributed by atoms with Crippen molar-refractivity contribution < 1.29 is 52.7 Å². The third kappa shape index (κ3) is 16.6. The van der Waals surface area contributed by atoms with Crippen molar-refractivity contribution in [2.75, 3.05) is 33.5 Å². The lowest BCUT2D eigenvalue weighted by Gasteiger charge is -2.16. The highest BCUT2D eigenvalue weighted by atomic mass is 19.4. The minimum atomic E-state index is -4.46. The topological polar surface area (TPSA) is 134 Å². The van der Waals surface area contributed by atoms with Gasteiger partial charge in [0.25, 0.3) is 6.47 Å². The van der Waals surface area contributed by atoms with Crippen molar-refractivity contribution in [2.45, 2.75) is 51.6 Å². The molecule has 236 valence electrons. The molecular weight excluding hydrogens is 557 g/mol. The van der Waals surface area contributed by atoms with Gasteiger partial charge >= 0.3 is 6.18 Å². The molecule has 0 heterocycles. The van der Waals surface area contributed by atoms with Crippen molar-refractivity contribution >= 4 is 13.3 Å². The molecule has 0 saturated carbocycles. The number of carboxylic acid groups (broad SMARTS) is 1. The molecule has 0 unspecified atom stereocenters. The van der Waals surface area contributed by atoms with Crippen LogP contribution in [0, 0.1) is 0 Å². The Labute approximate surface area is 245 Å². The summed E-state index contributed by atoms with van der Waals surface area (Å²) in [6, 6.07) is 9.45. The first-order valence-electron chi connectivity index (χ1n) is 13.1. The zero-order valence-electron chi connectivity index (χ0n) is 24.3. The standard InChI is InChI=1S/C28H35F3O4.CH2O2.CH4O.CH2O/c1-4-5-6-7-22-8-9-23(16-27(22)28(29,30)31)24-14-25(34-12-10-20(2)18-32)17-26(15-24)35-13-11-21(3)19-33;2-1-3;2*1-2/h8-9,14-17,32-33H,2-7,10-13,18-19H2,1H3;1H,(H,2,3);2H,1H3;1H2. The van der Waals surface area contributed by atoms with Crippen molar-refractivity contribution in [2.24, 2.45) is 0 Å². The summed E-state index contributed by atoms with van der Waals surface area (Å²) in [4.78, 5) is 16.4. The third-order valence-electron chi connectivity index (χ3n) is 5.57. The Balaban J connectivity index is 0. The Hall–Kier alpha value is -3.67. The molecule has 0 bridgehead atoms. The molecule has 0 aliphatic rings. The Morgan fingerprint density at radius 3 is 1.74 bits per heavy atom. The molecule has 8 nitrogen and oxygen atoms in total. The van der Waals surface area contributed by atoms with Crippen LogP contribution in [0.2, 0.25) is 0 Å². The van der Waals surface area contributed by atoms with Crippen LogP contribution in [-0.2, 0) is 22.2 Å². The van der Waals surface area contributed by atoms with Crippen molar-refractivity contribution in [3.8, 4) is 22.6 Å². The van der Waals surface area contributed by atoms with E-state index in [0.29, 0.717) is 65.0 Å². The number of halogens is 3. The summed E-state index contributed by atoms with van der Waals surface area (Å²) in [5.41, 5.74) is 1.85. The van der Waals surface area contributed by atoms with E-state index in [-0.39, 0.29) is 32.9 Å². The molecule has 0 aromatic heterocycles. The van der Waals surface area contributed by atoms with Crippen molar-refractivity contribution in [3.63, 3.8) is 0 Å². The predicted molar refractivity (Wildman–Crippen MR) is 157 cm³/mol. The van der Waals surface area contributed by atoms with Gasteiger partial charge < -0.3 is 34.7 Å². The first-order valence-corrected chi connectivity index (χ1v) is 13.1. The lowest BCUT2D eigenvalue weighted by molar-refractivity contribution is -0.138. The van der Waals surface area contributed by atoms with E-state index in [1.54, 1.807) is 30.3 Å². The fraction of sp³-hybridized carbons (Fsp3) is 0.419. The second-order valence-corrected chi connectivity index (χ2v) is 8.64. The van der Waals surface area contributed by atoms with Gasteiger partial charge in [0.05, 0.1) is 32.0 Å². The maximum Gasteiger partial charge on any atom is 0.416 e. The highest BCUT2D eigenvalue weighted by Gasteiger charge is 2.33. The van der Waals surface area contributed by atoms with Crippen LogP contribution in [-0.4, -0.2) is 67.2 Å². The van der Waals surface area contributed by atoms with E-state index < -0.39 is 11.7 Å². The van der Waals surface area contributed by atoms with Gasteiger partial charge in [-0.05, 0) is 58.9 Å². The van der Waals surface area contributed by atoms with Crippen LogP contribution in [0.3, 0.4) is 0 Å². The largest absolute Gasteiger partial charge is 0.493 e. The Bertz CT molecular complexity index is 1010. The summed E-state index contributed by atoms with van der Waals surface area (Å²) >= 11 is 0. The van der Waals surface area contributed by atoms with Gasteiger partial charge in [0.15, 0.2) is 0 Å². The van der Waals surface area contributed by atoms with E-state index in [2.05, 4.69) is 13.2 Å². The Morgan fingerprint density at radius 2 is 1.33 bits per heavy atom. The summed E-state index contributed by atoms with van der Waals surface area (Å²) in [6.45, 7) is 11.5. The lowest BCUT2D eigenvalue weighted by Crippen LogP contribution is -2.09. The Kier molecular flexibility index (Phi) is 23.1. The number of carbonyl (C=O) groups is 2. The SMILES string of the molecule is C=C(CO)CCOc1cc(OCCC(=C)CO)cc(-c2ccc(CCCCC)c(C(F)(F)F)c2)c1.C=O.CO.O=CO. The highest BCUT2D eigenvalue weighted by molar-refractivity contribution is 5.69. The second kappa shape index (κ2) is 24.0. The van der Waals surface area contributed by atoms with Crippen molar-refractivity contribution in [1.82, 2.24) is 0 Å². The molecule has 42 heavy (non-hydrogen) atoms. The number of aryl methyl sites for hydroxylation is 1. The highest BCUT2D eigenvalue weighted by Crippen LogP contribution is 2.37. The maximum atomic E-state index is 13.9. The Morgan fingerprint density at radius 1 is 0.857 bits per heavy atom. The van der Waals surface area contributed by atoms with Gasteiger partial charge in [0.2, 0.25) is 0 Å². The van der Waals surface area contributed by atoms with Crippen molar-refractivity contribution in [3.05, 3.63) is 71.8 Å². The number of hydrogen-bond donors (Lipinski definition) is 4. The van der Waals surface area contributed by atoms with E-state index >= 15 is 0 Å². The number of aliphatic hydroxyl groups excluding tert-OH is 3. The number of aliphatic hydroxyl groups is 3. The molecule has 0 atom stereocenters. The van der Waals surface area contributed by atoms with Crippen LogP contribution in [0.4, 0.5) is 13.2 Å². The molecule has 0 amide bonds. The number of alkyl halides is 3. The molecule has 0 fully saturated rings. The smallest absolute Gasteiger partial charge is 0.416 e. The first-order chi connectivity index (χ1) is 20.1. The molecule has 0 spiro atoms. The molecule has 0 aliphatic heterocycles. The van der Waals surface area contributed by atoms with Crippen LogP contribution in [0.5, 0.6) is 11.5 Å². The number of benzene rings is 2. The zero-order valence-corrected chi connectivity index (χ0v) is 24.3. The van der Waals surface area contributed by atoms with Gasteiger partial charge in [-0.25, -0.2) is 0 Å². The summed E-state index contributed by atoms with van der Waals surface area (Å²) in [5, 5.41) is 32.1. The first kappa shape index (κ1) is 40.5.